The Morgan fingerprint density at radius 2 is 2.31 bits per heavy atom. The van der Waals surface area contributed by atoms with Gasteiger partial charge in [0.15, 0.2) is 0 Å². The van der Waals surface area contributed by atoms with Crippen LogP contribution in [0.5, 0.6) is 0 Å². The van der Waals surface area contributed by atoms with Gasteiger partial charge < -0.3 is 10.6 Å². The molecule has 0 saturated heterocycles. The highest BCUT2D eigenvalue weighted by molar-refractivity contribution is 9.10. The highest BCUT2D eigenvalue weighted by Crippen LogP contribution is 2.22. The van der Waals surface area contributed by atoms with E-state index in [0.29, 0.717) is 0 Å². The molecule has 1 amide bonds. The second-order valence-electron chi connectivity index (χ2n) is 3.27. The molecule has 1 rings (SSSR count). The van der Waals surface area contributed by atoms with Crippen molar-refractivity contribution < 1.29 is 4.79 Å². The van der Waals surface area contributed by atoms with Gasteiger partial charge in [-0.1, -0.05) is 6.07 Å². The lowest BCUT2D eigenvalue weighted by Crippen LogP contribution is -2.30. The number of anilines is 1. The molecule has 0 saturated carbocycles. The summed E-state index contributed by atoms with van der Waals surface area (Å²) in [4.78, 5) is 11.2. The number of hydrogen-bond acceptors (Lipinski definition) is 3. The number of amides is 1. The molecule has 0 unspecified atom stereocenters. The lowest BCUT2D eigenvalue weighted by atomic mass is 10.2. The van der Waals surface area contributed by atoms with E-state index in [4.69, 9.17) is 5.26 Å². The predicted molar refractivity (Wildman–Crippen MR) is 66.0 cm³/mol. The number of aryl methyl sites for hydroxylation is 1. The Hall–Kier alpha value is -1.54. The number of nitrogens with zero attached hydrogens (tertiary/aromatic N) is 1. The second kappa shape index (κ2) is 6.13. The summed E-state index contributed by atoms with van der Waals surface area (Å²) in [5, 5.41) is 13.7. The van der Waals surface area contributed by atoms with Gasteiger partial charge in [-0.3, -0.25) is 4.79 Å². The summed E-state index contributed by atoms with van der Waals surface area (Å²) in [5.41, 5.74) is 1.98. The zero-order valence-electron chi connectivity index (χ0n) is 8.88. The molecule has 0 radical (unpaired) electrons. The van der Waals surface area contributed by atoms with Crippen molar-refractivity contribution in [2.45, 2.75) is 6.92 Å². The molecular weight excluding hydrogens is 270 g/mol. The Morgan fingerprint density at radius 1 is 1.56 bits per heavy atom. The maximum atomic E-state index is 11.2. The molecule has 1 aromatic rings. The molecule has 0 aliphatic heterocycles. The topological polar surface area (TPSA) is 64.9 Å². The van der Waals surface area contributed by atoms with Crippen LogP contribution in [0.15, 0.2) is 22.7 Å². The van der Waals surface area contributed by atoms with Crippen molar-refractivity contribution in [3.8, 4) is 6.07 Å². The van der Waals surface area contributed by atoms with Crippen LogP contribution in [0.25, 0.3) is 0 Å². The average Bonchev–Trinajstić information content (AvgIpc) is 2.27. The first-order chi connectivity index (χ1) is 7.63. The SMILES string of the molecule is Cc1ccc(Br)c(NCC(=O)NCC#N)c1. The fourth-order valence-electron chi connectivity index (χ4n) is 1.15. The fraction of sp³-hybridized carbons (Fsp3) is 0.273. The number of carbonyl (C=O) groups is 1. The van der Waals surface area contributed by atoms with Gasteiger partial charge in [-0.15, -0.1) is 0 Å². The van der Waals surface area contributed by atoms with Gasteiger partial charge in [0.05, 0.1) is 12.6 Å². The number of halogens is 1. The highest BCUT2D eigenvalue weighted by atomic mass is 79.9. The van der Waals surface area contributed by atoms with Crippen molar-refractivity contribution in [3.05, 3.63) is 28.2 Å². The van der Waals surface area contributed by atoms with Crippen LogP contribution in [0.1, 0.15) is 5.56 Å². The summed E-state index contributed by atoms with van der Waals surface area (Å²) in [6.07, 6.45) is 0. The Labute approximate surface area is 103 Å². The molecule has 5 heteroatoms. The first-order valence-electron chi connectivity index (χ1n) is 4.77. The van der Waals surface area contributed by atoms with Crippen LogP contribution in [0.2, 0.25) is 0 Å². The van der Waals surface area contributed by atoms with Crippen LogP contribution in [0.4, 0.5) is 5.69 Å². The third-order valence-corrected chi connectivity index (χ3v) is 2.62. The van der Waals surface area contributed by atoms with E-state index >= 15 is 0 Å². The maximum absolute atomic E-state index is 11.2. The Bertz CT molecular complexity index is 426. The Kier molecular flexibility index (Phi) is 4.80. The molecule has 0 heterocycles. The molecule has 84 valence electrons. The van der Waals surface area contributed by atoms with Gasteiger partial charge in [-0.2, -0.15) is 5.26 Å². The Morgan fingerprint density at radius 3 is 3.00 bits per heavy atom. The maximum Gasteiger partial charge on any atom is 0.240 e. The molecule has 0 aliphatic rings. The molecule has 0 aliphatic carbocycles. The molecular formula is C11H12BrN3O. The van der Waals surface area contributed by atoms with Crippen molar-refractivity contribution in [3.63, 3.8) is 0 Å². The van der Waals surface area contributed by atoms with Gasteiger partial charge >= 0.3 is 0 Å². The zero-order chi connectivity index (χ0) is 12.0. The third-order valence-electron chi connectivity index (χ3n) is 1.93. The zero-order valence-corrected chi connectivity index (χ0v) is 10.5. The molecule has 2 N–H and O–H groups in total. The fourth-order valence-corrected chi connectivity index (χ4v) is 1.54. The summed E-state index contributed by atoms with van der Waals surface area (Å²) in [6, 6.07) is 7.69. The monoisotopic (exact) mass is 281 g/mol. The van der Waals surface area contributed by atoms with E-state index < -0.39 is 0 Å². The molecule has 0 bridgehead atoms. The van der Waals surface area contributed by atoms with Crippen LogP contribution in [0, 0.1) is 18.3 Å². The summed E-state index contributed by atoms with van der Waals surface area (Å²) in [6.45, 7) is 2.17. The Balaban J connectivity index is 2.51. The van der Waals surface area contributed by atoms with Crippen molar-refractivity contribution in [1.82, 2.24) is 5.32 Å². The van der Waals surface area contributed by atoms with Gasteiger partial charge in [0, 0.05) is 10.2 Å². The number of hydrogen-bond donors (Lipinski definition) is 2. The minimum absolute atomic E-state index is 0.0372. The minimum Gasteiger partial charge on any atom is -0.375 e. The third kappa shape index (κ3) is 3.91. The molecule has 0 fully saturated rings. The number of rotatable bonds is 4. The van der Waals surface area contributed by atoms with E-state index in [0.717, 1.165) is 15.7 Å². The van der Waals surface area contributed by atoms with E-state index in [2.05, 4.69) is 26.6 Å². The molecule has 4 nitrogen and oxygen atoms in total. The van der Waals surface area contributed by atoms with Gasteiger partial charge in [-0.05, 0) is 40.5 Å². The molecule has 0 aromatic heterocycles. The smallest absolute Gasteiger partial charge is 0.240 e. The summed E-state index contributed by atoms with van der Waals surface area (Å²) >= 11 is 3.39. The van der Waals surface area contributed by atoms with Crippen LogP contribution in [-0.2, 0) is 4.79 Å². The number of benzene rings is 1. The number of nitriles is 1. The van der Waals surface area contributed by atoms with Crippen molar-refractivity contribution in [1.29, 1.82) is 5.26 Å². The average molecular weight is 282 g/mol. The molecule has 1 aromatic carbocycles. The van der Waals surface area contributed by atoms with Crippen LogP contribution in [-0.4, -0.2) is 19.0 Å². The first-order valence-corrected chi connectivity index (χ1v) is 5.56. The summed E-state index contributed by atoms with van der Waals surface area (Å²) < 4.78 is 0.909. The standard InChI is InChI=1S/C11H12BrN3O/c1-8-2-3-9(12)10(6-8)15-7-11(16)14-5-4-13/h2-3,6,15H,5,7H2,1H3,(H,14,16). The van der Waals surface area contributed by atoms with Crippen molar-refractivity contribution in [2.75, 3.05) is 18.4 Å². The lowest BCUT2D eigenvalue weighted by molar-refractivity contribution is -0.119. The molecule has 0 atom stereocenters. The van der Waals surface area contributed by atoms with E-state index in [1.54, 1.807) is 0 Å². The predicted octanol–water partition coefficient (Wildman–Crippen LogP) is 1.81. The van der Waals surface area contributed by atoms with Crippen molar-refractivity contribution >= 4 is 27.5 Å². The quantitative estimate of drug-likeness (QED) is 0.828. The number of nitrogens with one attached hydrogen (secondary N) is 2. The van der Waals surface area contributed by atoms with Crippen LogP contribution >= 0.6 is 15.9 Å². The van der Waals surface area contributed by atoms with E-state index in [1.165, 1.54) is 0 Å². The summed E-state index contributed by atoms with van der Waals surface area (Å²) in [5.74, 6) is -0.199. The largest absolute Gasteiger partial charge is 0.375 e. The minimum atomic E-state index is -0.199. The highest BCUT2D eigenvalue weighted by Gasteiger charge is 2.03. The first kappa shape index (κ1) is 12.5. The van der Waals surface area contributed by atoms with Crippen molar-refractivity contribution in [2.24, 2.45) is 0 Å². The second-order valence-corrected chi connectivity index (χ2v) is 4.13. The summed E-state index contributed by atoms with van der Waals surface area (Å²) in [7, 11) is 0. The number of carbonyl (C=O) groups excluding carboxylic acids is 1. The van der Waals surface area contributed by atoms with Gasteiger partial charge in [-0.25, -0.2) is 0 Å². The normalized spacial score (nSPS) is 9.31. The van der Waals surface area contributed by atoms with Crippen LogP contribution in [0.3, 0.4) is 0 Å². The van der Waals surface area contributed by atoms with E-state index in [-0.39, 0.29) is 19.0 Å². The van der Waals surface area contributed by atoms with E-state index in [9.17, 15) is 4.79 Å². The molecule has 0 spiro atoms. The lowest BCUT2D eigenvalue weighted by Gasteiger charge is -2.08. The van der Waals surface area contributed by atoms with Gasteiger partial charge in [0.25, 0.3) is 0 Å². The van der Waals surface area contributed by atoms with E-state index in [1.807, 2.05) is 31.2 Å². The van der Waals surface area contributed by atoms with Crippen LogP contribution < -0.4 is 10.6 Å². The van der Waals surface area contributed by atoms with Gasteiger partial charge in [0.2, 0.25) is 5.91 Å². The molecule has 16 heavy (non-hydrogen) atoms. The van der Waals surface area contributed by atoms with Gasteiger partial charge in [0.1, 0.15) is 6.54 Å².